The molecule has 19 heteroatoms. The molecule has 2 fully saturated rings. The lowest BCUT2D eigenvalue weighted by molar-refractivity contribution is -0.216. The molecule has 0 amide bonds. The van der Waals surface area contributed by atoms with E-state index in [4.69, 9.17) is 23.3 Å². The van der Waals surface area contributed by atoms with Crippen LogP contribution >= 0.6 is 15.6 Å². The number of carbonyl (C=O) groups is 2. The molecule has 7 N–H and O–H groups in total. The number of phosphoric ester groups is 2. The molecule has 72 heavy (non-hydrogen) atoms. The number of hydrogen-bond donors (Lipinski definition) is 7. The third-order valence-electron chi connectivity index (χ3n) is 11.2. The van der Waals surface area contributed by atoms with Crippen LogP contribution in [0.5, 0.6) is 0 Å². The van der Waals surface area contributed by atoms with Crippen LogP contribution in [0.15, 0.2) is 109 Å². The maximum absolute atomic E-state index is 13.0. The first kappa shape index (κ1) is 64.7. The number of unbranched alkanes of at least 4 members (excludes halogenated alkanes) is 6. The molecular formula is C53H84O17P2. The van der Waals surface area contributed by atoms with Crippen LogP contribution in [0.2, 0.25) is 0 Å². The monoisotopic (exact) mass is 1050 g/mol. The van der Waals surface area contributed by atoms with Crippen LogP contribution in [0.3, 0.4) is 0 Å². The van der Waals surface area contributed by atoms with Crippen LogP contribution in [0.25, 0.3) is 0 Å². The van der Waals surface area contributed by atoms with Crippen molar-refractivity contribution in [2.24, 2.45) is 0 Å². The van der Waals surface area contributed by atoms with E-state index in [1.807, 2.05) is 18.2 Å². The first-order chi connectivity index (χ1) is 34.6. The molecule has 17 nitrogen and oxygen atoms in total. The Hall–Kier alpha value is -3.38. The second kappa shape index (κ2) is 39.1. The lowest BCUT2D eigenvalue weighted by Crippen LogP contribution is -2.64. The van der Waals surface area contributed by atoms with Crippen molar-refractivity contribution in [3.63, 3.8) is 0 Å². The number of ether oxygens (including phenoxy) is 3. The summed E-state index contributed by atoms with van der Waals surface area (Å²) in [6.07, 6.45) is 39.4. The van der Waals surface area contributed by atoms with Gasteiger partial charge in [0.2, 0.25) is 0 Å². The van der Waals surface area contributed by atoms with Crippen molar-refractivity contribution < 1.29 is 81.6 Å². The SMILES string of the molecule is CC/C=C\CC1OC1C/C=C\C/C=C\C/C=C\C/C=C\CCC(=O)O[C@H](COC(=O)CCCCC/C=C\C/C=C\C/C=C\C/C=C\CCCCC)COP(=O)(O)O[C@H]1C(O)C(O)C(O)[C@@H](OP(=O)(O)O)C1O. The molecule has 2 aliphatic rings. The van der Waals surface area contributed by atoms with Gasteiger partial charge in [0.1, 0.15) is 43.2 Å². The molecule has 10 atom stereocenters. The van der Waals surface area contributed by atoms with Gasteiger partial charge in [-0.1, -0.05) is 142 Å². The molecule has 0 aromatic heterocycles. The van der Waals surface area contributed by atoms with Gasteiger partial charge in [-0.05, 0) is 96.3 Å². The molecule has 0 aromatic carbocycles. The highest BCUT2D eigenvalue weighted by Crippen LogP contribution is 2.49. The van der Waals surface area contributed by atoms with E-state index in [0.717, 1.165) is 77.0 Å². The van der Waals surface area contributed by atoms with Gasteiger partial charge in [0.25, 0.3) is 0 Å². The summed E-state index contributed by atoms with van der Waals surface area (Å²) in [6, 6.07) is 0. The van der Waals surface area contributed by atoms with Gasteiger partial charge in [0.05, 0.1) is 18.8 Å². The van der Waals surface area contributed by atoms with Crippen LogP contribution in [0.4, 0.5) is 0 Å². The number of hydrogen-bond acceptors (Lipinski definition) is 14. The molecule has 1 heterocycles. The minimum Gasteiger partial charge on any atom is -0.462 e. The number of aliphatic hydroxyl groups is 4. The van der Waals surface area contributed by atoms with Gasteiger partial charge >= 0.3 is 27.6 Å². The molecule has 2 rings (SSSR count). The zero-order valence-corrected chi connectivity index (χ0v) is 44.0. The summed E-state index contributed by atoms with van der Waals surface area (Å²) in [5.41, 5.74) is 0. The summed E-state index contributed by atoms with van der Waals surface area (Å²) < 4.78 is 55.0. The Morgan fingerprint density at radius 1 is 0.514 bits per heavy atom. The topological polar surface area (TPSA) is 269 Å². The molecule has 408 valence electrons. The Labute approximate surface area is 427 Å². The van der Waals surface area contributed by atoms with E-state index in [-0.39, 0.29) is 12.8 Å². The highest BCUT2D eigenvalue weighted by molar-refractivity contribution is 7.47. The molecule has 1 aliphatic carbocycles. The van der Waals surface area contributed by atoms with Crippen LogP contribution in [0, 0.1) is 0 Å². The molecule has 0 aromatic rings. The minimum absolute atomic E-state index is 0.0583. The quantitative estimate of drug-likeness (QED) is 0.00990. The highest BCUT2D eigenvalue weighted by atomic mass is 31.2. The van der Waals surface area contributed by atoms with E-state index in [2.05, 4.69) is 103 Å². The summed E-state index contributed by atoms with van der Waals surface area (Å²) in [6.45, 7) is 2.87. The number of rotatable bonds is 40. The summed E-state index contributed by atoms with van der Waals surface area (Å²) in [7, 11) is -10.7. The van der Waals surface area contributed by atoms with Crippen molar-refractivity contribution in [2.75, 3.05) is 13.2 Å². The highest BCUT2D eigenvalue weighted by Gasteiger charge is 2.54. The molecule has 1 aliphatic heterocycles. The standard InChI is InChI=1S/C53H84O17P2/c1-3-5-7-8-9-10-11-12-13-14-15-16-17-18-22-25-28-31-35-39-46(54)65-41-43(42-66-72(63,64)70-53-50(58)48(56)49(57)52(51(53)59)69-71(60,61)62)67-47(55)40-36-32-29-26-23-20-19-21-24-27-30-34-38-45-44(68-45)37-33-6-4-2/h6,9-10,12-13,15-16,18,20-24,29-30,32-34,43-45,48-53,56-59H,3-5,7-8,11,14,17,19,25-28,31,35-42H2,1-2H3,(H,63,64)(H2,60,61,62)/b10-9-,13-12-,16-15-,22-18-,23-20-,24-21-,32-29-,33-6-,34-30-/t43-,44?,45?,48?,49?,50?,51?,52-,53+/m1/s1. The van der Waals surface area contributed by atoms with Gasteiger partial charge in [-0.3, -0.25) is 23.2 Å². The summed E-state index contributed by atoms with van der Waals surface area (Å²) in [4.78, 5) is 54.4. The third-order valence-corrected chi connectivity index (χ3v) is 12.7. The fourth-order valence-corrected chi connectivity index (χ4v) is 8.73. The average Bonchev–Trinajstić information content (AvgIpc) is 4.10. The largest absolute Gasteiger partial charge is 0.472 e. The van der Waals surface area contributed by atoms with Crippen molar-refractivity contribution in [3.05, 3.63) is 109 Å². The summed E-state index contributed by atoms with van der Waals surface area (Å²) >= 11 is 0. The minimum atomic E-state index is -5.39. The van der Waals surface area contributed by atoms with Crippen molar-refractivity contribution in [1.29, 1.82) is 0 Å². The molecule has 1 saturated carbocycles. The van der Waals surface area contributed by atoms with E-state index in [0.29, 0.717) is 31.5 Å². The van der Waals surface area contributed by atoms with Crippen molar-refractivity contribution in [1.82, 2.24) is 0 Å². The number of aliphatic hydroxyl groups excluding tert-OH is 4. The average molecular weight is 1060 g/mol. The van der Waals surface area contributed by atoms with Gasteiger partial charge in [-0.25, -0.2) is 9.13 Å². The van der Waals surface area contributed by atoms with Crippen molar-refractivity contribution >= 4 is 27.6 Å². The molecular weight excluding hydrogens is 971 g/mol. The zero-order valence-electron chi connectivity index (χ0n) is 42.3. The second-order valence-corrected chi connectivity index (χ2v) is 20.1. The van der Waals surface area contributed by atoms with Gasteiger partial charge in [-0.15, -0.1) is 0 Å². The fraction of sp³-hybridized carbons (Fsp3) is 0.623. The number of allylic oxidation sites excluding steroid dienone is 16. The van der Waals surface area contributed by atoms with Crippen LogP contribution in [0.1, 0.15) is 142 Å². The maximum Gasteiger partial charge on any atom is 0.472 e. The fourth-order valence-electron chi connectivity index (χ4n) is 7.19. The Morgan fingerprint density at radius 2 is 0.986 bits per heavy atom. The van der Waals surface area contributed by atoms with E-state index < -0.39 is 83.5 Å². The molecule has 7 unspecified atom stereocenters. The predicted octanol–water partition coefficient (Wildman–Crippen LogP) is 9.49. The number of epoxide rings is 1. The van der Waals surface area contributed by atoms with Crippen molar-refractivity contribution in [2.45, 2.75) is 197 Å². The summed E-state index contributed by atoms with van der Waals surface area (Å²) in [5.74, 6) is -1.35. The predicted molar refractivity (Wildman–Crippen MR) is 277 cm³/mol. The second-order valence-electron chi connectivity index (χ2n) is 17.5. The smallest absolute Gasteiger partial charge is 0.462 e. The van der Waals surface area contributed by atoms with Crippen LogP contribution < -0.4 is 0 Å². The lowest BCUT2D eigenvalue weighted by Gasteiger charge is -2.43. The Morgan fingerprint density at radius 3 is 1.50 bits per heavy atom. The van der Waals surface area contributed by atoms with Gasteiger partial charge in [0, 0.05) is 12.8 Å². The Balaban J connectivity index is 1.81. The molecule has 0 radical (unpaired) electrons. The molecule has 1 saturated heterocycles. The Bertz CT molecular complexity index is 1870. The van der Waals surface area contributed by atoms with Gasteiger partial charge in [-0.2, -0.15) is 0 Å². The van der Waals surface area contributed by atoms with E-state index in [1.165, 1.54) is 19.3 Å². The first-order valence-electron chi connectivity index (χ1n) is 25.6. The number of carbonyl (C=O) groups excluding carboxylic acids is 2. The van der Waals surface area contributed by atoms with E-state index >= 15 is 0 Å². The normalized spacial score (nSPS) is 24.5. The van der Waals surface area contributed by atoms with E-state index in [9.17, 15) is 53.8 Å². The number of esters is 2. The maximum atomic E-state index is 13.0. The first-order valence-corrected chi connectivity index (χ1v) is 28.6. The molecule has 0 spiro atoms. The zero-order chi connectivity index (χ0) is 52.9. The van der Waals surface area contributed by atoms with E-state index in [1.54, 1.807) is 6.08 Å². The van der Waals surface area contributed by atoms with Crippen molar-refractivity contribution in [3.8, 4) is 0 Å². The summed E-state index contributed by atoms with van der Waals surface area (Å²) in [5, 5.41) is 41.3. The lowest BCUT2D eigenvalue weighted by atomic mass is 9.85. The molecule has 0 bridgehead atoms. The third kappa shape index (κ3) is 32.0. The van der Waals surface area contributed by atoms with Crippen LogP contribution in [-0.4, -0.2) is 115 Å². The van der Waals surface area contributed by atoms with Crippen LogP contribution in [-0.2, 0) is 46.5 Å². The number of phosphoric acid groups is 2. The van der Waals surface area contributed by atoms with Gasteiger partial charge in [0.15, 0.2) is 6.10 Å². The van der Waals surface area contributed by atoms with Gasteiger partial charge < -0.3 is 49.3 Å². The Kier molecular flexibility index (Phi) is 35.1.